The van der Waals surface area contributed by atoms with Gasteiger partial charge in [0.15, 0.2) is 0 Å². The van der Waals surface area contributed by atoms with Crippen LogP contribution in [0.3, 0.4) is 0 Å². The molecule has 0 unspecified atom stereocenters. The molecule has 0 aliphatic carbocycles. The molecule has 0 aliphatic rings. The van der Waals surface area contributed by atoms with Crippen molar-refractivity contribution >= 4 is 33.0 Å². The maximum absolute atomic E-state index is 6.02. The quantitative estimate of drug-likeness (QED) is 0.772. The molecule has 0 radical (unpaired) electrons. The van der Waals surface area contributed by atoms with Gasteiger partial charge in [0.1, 0.15) is 0 Å². The topological polar surface area (TPSA) is 26.0 Å². The Morgan fingerprint density at radius 2 is 1.80 bits per heavy atom. The van der Waals surface area contributed by atoms with Crippen LogP contribution in [0.25, 0.3) is 10.4 Å². The van der Waals surface area contributed by atoms with Crippen LogP contribution in [0.2, 0.25) is 0 Å². The molecule has 0 saturated carbocycles. The van der Waals surface area contributed by atoms with Crippen LogP contribution < -0.4 is 5.73 Å². The second-order valence-corrected chi connectivity index (χ2v) is 6.09. The van der Waals surface area contributed by atoms with Gasteiger partial charge in [-0.25, -0.2) is 0 Å². The molecule has 1 aromatic carbocycles. The van der Waals surface area contributed by atoms with E-state index in [1.165, 1.54) is 16.0 Å². The van der Waals surface area contributed by atoms with Crippen LogP contribution >= 0.6 is 27.3 Å². The summed E-state index contributed by atoms with van der Waals surface area (Å²) in [6.07, 6.45) is 0. The zero-order chi connectivity index (χ0) is 11.0. The molecule has 1 heterocycles. The Bertz CT molecular complexity index is 502. The third-order valence-corrected chi connectivity index (χ3v) is 4.16. The Morgan fingerprint density at radius 3 is 2.40 bits per heavy atom. The van der Waals surface area contributed by atoms with Crippen LogP contribution in [0.5, 0.6) is 0 Å². The highest BCUT2D eigenvalue weighted by Gasteiger charge is 2.07. The van der Waals surface area contributed by atoms with E-state index >= 15 is 0 Å². The maximum Gasteiger partial charge on any atom is 0.0705 e. The van der Waals surface area contributed by atoms with Crippen LogP contribution in [0.4, 0.5) is 5.69 Å². The molecule has 1 aromatic heterocycles. The van der Waals surface area contributed by atoms with Gasteiger partial charge in [-0.05, 0) is 65.2 Å². The molecule has 0 fully saturated rings. The number of hydrogen-bond donors (Lipinski definition) is 1. The Kier molecular flexibility index (Phi) is 2.85. The summed E-state index contributed by atoms with van der Waals surface area (Å²) in [6.45, 7) is 4.20. The monoisotopic (exact) mass is 281 g/mol. The second kappa shape index (κ2) is 3.99. The molecule has 2 aromatic rings. The first-order valence-electron chi connectivity index (χ1n) is 4.70. The van der Waals surface area contributed by atoms with Gasteiger partial charge in [0.05, 0.1) is 3.79 Å². The highest BCUT2D eigenvalue weighted by Crippen LogP contribution is 2.35. The Labute approximate surface area is 102 Å². The molecule has 78 valence electrons. The van der Waals surface area contributed by atoms with E-state index in [9.17, 15) is 0 Å². The molecule has 0 saturated heterocycles. The molecule has 3 heteroatoms. The lowest BCUT2D eigenvalue weighted by Crippen LogP contribution is -1.92. The Morgan fingerprint density at radius 1 is 1.13 bits per heavy atom. The fraction of sp³-hybridized carbons (Fsp3) is 0.167. The van der Waals surface area contributed by atoms with Crippen LogP contribution in [0, 0.1) is 13.8 Å². The van der Waals surface area contributed by atoms with Crippen molar-refractivity contribution in [2.75, 3.05) is 5.73 Å². The lowest BCUT2D eigenvalue weighted by Gasteiger charge is -2.07. The lowest BCUT2D eigenvalue weighted by atomic mass is 10.0. The van der Waals surface area contributed by atoms with E-state index < -0.39 is 0 Å². The number of halogens is 1. The predicted octanol–water partition coefficient (Wildman–Crippen LogP) is 4.38. The third-order valence-electron chi connectivity index (χ3n) is 2.50. The predicted molar refractivity (Wildman–Crippen MR) is 71.3 cm³/mol. The number of anilines is 1. The normalized spacial score (nSPS) is 10.6. The molecule has 0 bridgehead atoms. The molecule has 0 amide bonds. The highest BCUT2D eigenvalue weighted by molar-refractivity contribution is 9.11. The highest BCUT2D eigenvalue weighted by atomic mass is 79.9. The Balaban J connectivity index is 2.58. The van der Waals surface area contributed by atoms with Crippen molar-refractivity contribution in [3.8, 4) is 10.4 Å². The minimum absolute atomic E-state index is 0.854. The van der Waals surface area contributed by atoms with Crippen LogP contribution in [0.1, 0.15) is 11.1 Å². The van der Waals surface area contributed by atoms with E-state index in [1.54, 1.807) is 11.3 Å². The maximum atomic E-state index is 6.02. The fourth-order valence-electron chi connectivity index (χ4n) is 1.51. The average Bonchev–Trinajstić information content (AvgIpc) is 2.58. The summed E-state index contributed by atoms with van der Waals surface area (Å²) in [4.78, 5) is 1.21. The van der Waals surface area contributed by atoms with E-state index in [2.05, 4.69) is 48.0 Å². The lowest BCUT2D eigenvalue weighted by molar-refractivity contribution is 1.35. The number of hydrogen-bond acceptors (Lipinski definition) is 2. The number of nitrogen functional groups attached to an aromatic ring is 1. The van der Waals surface area contributed by atoms with Gasteiger partial charge in [-0.1, -0.05) is 0 Å². The summed E-state index contributed by atoms with van der Waals surface area (Å²) in [5.74, 6) is 0. The molecular weight excluding hydrogens is 270 g/mol. The van der Waals surface area contributed by atoms with Crippen molar-refractivity contribution in [2.24, 2.45) is 0 Å². The van der Waals surface area contributed by atoms with Crippen molar-refractivity contribution in [1.82, 2.24) is 0 Å². The molecule has 1 nitrogen and oxygen atoms in total. The fourth-order valence-corrected chi connectivity index (χ4v) is 2.94. The zero-order valence-electron chi connectivity index (χ0n) is 8.67. The third kappa shape index (κ3) is 2.08. The minimum atomic E-state index is 0.854. The van der Waals surface area contributed by atoms with E-state index in [4.69, 9.17) is 5.73 Å². The van der Waals surface area contributed by atoms with Crippen molar-refractivity contribution in [1.29, 1.82) is 0 Å². The number of benzene rings is 1. The van der Waals surface area contributed by atoms with Crippen LogP contribution in [-0.2, 0) is 0 Å². The summed E-state index contributed by atoms with van der Waals surface area (Å²) >= 11 is 5.17. The van der Waals surface area contributed by atoms with Gasteiger partial charge >= 0.3 is 0 Å². The van der Waals surface area contributed by atoms with E-state index in [0.29, 0.717) is 0 Å². The van der Waals surface area contributed by atoms with Gasteiger partial charge in [-0.2, -0.15) is 0 Å². The van der Waals surface area contributed by atoms with Crippen molar-refractivity contribution in [3.05, 3.63) is 39.2 Å². The first-order valence-corrected chi connectivity index (χ1v) is 6.31. The molecular formula is C12H12BrNS. The number of nitrogens with two attached hydrogens (primary N) is 1. The van der Waals surface area contributed by atoms with Gasteiger partial charge in [0.2, 0.25) is 0 Å². The first-order chi connectivity index (χ1) is 7.08. The SMILES string of the molecule is Cc1cc(N)c(-c2ccc(Br)s2)cc1C. The molecule has 2 rings (SSSR count). The van der Waals surface area contributed by atoms with Crippen LogP contribution in [0.15, 0.2) is 28.1 Å². The molecule has 0 spiro atoms. The van der Waals surface area contributed by atoms with Gasteiger partial charge in [0, 0.05) is 16.1 Å². The number of aryl methyl sites for hydroxylation is 2. The summed E-state index contributed by atoms with van der Waals surface area (Å²) < 4.78 is 1.13. The van der Waals surface area contributed by atoms with E-state index in [1.807, 2.05) is 6.07 Å². The number of rotatable bonds is 1. The van der Waals surface area contributed by atoms with Crippen molar-refractivity contribution < 1.29 is 0 Å². The minimum Gasteiger partial charge on any atom is -0.398 e. The van der Waals surface area contributed by atoms with Gasteiger partial charge in [-0.15, -0.1) is 11.3 Å². The second-order valence-electron chi connectivity index (χ2n) is 3.63. The molecule has 0 atom stereocenters. The van der Waals surface area contributed by atoms with E-state index in [0.717, 1.165) is 15.0 Å². The van der Waals surface area contributed by atoms with Crippen molar-refractivity contribution in [3.63, 3.8) is 0 Å². The smallest absolute Gasteiger partial charge is 0.0705 e. The van der Waals surface area contributed by atoms with Gasteiger partial charge in [-0.3, -0.25) is 0 Å². The van der Waals surface area contributed by atoms with Gasteiger partial charge in [0.25, 0.3) is 0 Å². The summed E-state index contributed by atoms with van der Waals surface area (Å²) in [6, 6.07) is 8.34. The molecule has 2 N–H and O–H groups in total. The summed E-state index contributed by atoms with van der Waals surface area (Å²) in [5, 5.41) is 0. The first kappa shape index (κ1) is 10.7. The zero-order valence-corrected chi connectivity index (χ0v) is 11.1. The standard InChI is InChI=1S/C12H12BrNS/c1-7-5-9(10(14)6-8(7)2)11-3-4-12(13)15-11/h3-6H,14H2,1-2H3. The largest absolute Gasteiger partial charge is 0.398 e. The van der Waals surface area contributed by atoms with E-state index in [-0.39, 0.29) is 0 Å². The summed E-state index contributed by atoms with van der Waals surface area (Å²) in [5.41, 5.74) is 10.5. The van der Waals surface area contributed by atoms with Crippen LogP contribution in [-0.4, -0.2) is 0 Å². The summed E-state index contributed by atoms with van der Waals surface area (Å²) in [7, 11) is 0. The number of thiophene rings is 1. The van der Waals surface area contributed by atoms with Gasteiger partial charge < -0.3 is 5.73 Å². The Hall–Kier alpha value is -0.800. The molecule has 0 aliphatic heterocycles. The average molecular weight is 282 g/mol. The molecule has 15 heavy (non-hydrogen) atoms. The van der Waals surface area contributed by atoms with Crippen molar-refractivity contribution in [2.45, 2.75) is 13.8 Å².